The molecule has 0 amide bonds. The molecule has 0 bridgehead atoms. The average Bonchev–Trinajstić information content (AvgIpc) is 3.06. The Kier molecular flexibility index (Phi) is 34.2. The highest BCUT2D eigenvalue weighted by Crippen LogP contribution is 2.10. The molecule has 0 aromatic heterocycles. The van der Waals surface area contributed by atoms with Crippen molar-refractivity contribution in [1.29, 1.82) is 0 Å². The smallest absolute Gasteiger partial charge is 0.306 e. The second-order valence-corrected chi connectivity index (χ2v) is 11.6. The third-order valence-electron chi connectivity index (χ3n) is 7.17. The molecule has 46 heavy (non-hydrogen) atoms. The van der Waals surface area contributed by atoms with Crippen molar-refractivity contribution >= 4 is 11.9 Å². The molecule has 0 saturated heterocycles. The molecule has 0 aliphatic carbocycles. The van der Waals surface area contributed by atoms with Crippen LogP contribution in [0.1, 0.15) is 142 Å². The Balaban J connectivity index is 3.74. The maximum atomic E-state index is 12.1. The van der Waals surface area contributed by atoms with Crippen LogP contribution in [0.4, 0.5) is 0 Å². The van der Waals surface area contributed by atoms with Crippen LogP contribution in [0.25, 0.3) is 0 Å². The maximum Gasteiger partial charge on any atom is 0.306 e. The van der Waals surface area contributed by atoms with E-state index < -0.39 is 6.10 Å². The normalized spacial score (nSPS) is 13.2. The summed E-state index contributed by atoms with van der Waals surface area (Å²) < 4.78 is 10.5. The van der Waals surface area contributed by atoms with Crippen LogP contribution >= 0.6 is 0 Å². The molecular formula is C41H66O5. The molecule has 0 heterocycles. The van der Waals surface area contributed by atoms with Crippen LogP contribution in [-0.4, -0.2) is 36.4 Å². The van der Waals surface area contributed by atoms with Crippen molar-refractivity contribution in [2.24, 2.45) is 0 Å². The molecule has 260 valence electrons. The zero-order chi connectivity index (χ0) is 33.6. The molecule has 0 rings (SSSR count). The summed E-state index contributed by atoms with van der Waals surface area (Å²) in [4.78, 5) is 24.2. The van der Waals surface area contributed by atoms with Crippen molar-refractivity contribution < 1.29 is 24.2 Å². The van der Waals surface area contributed by atoms with Gasteiger partial charge in [-0.05, 0) is 83.5 Å². The Hall–Kier alpha value is -2.92. The Bertz CT molecular complexity index is 906. The van der Waals surface area contributed by atoms with Crippen molar-refractivity contribution in [3.8, 4) is 0 Å². The first-order valence-electron chi connectivity index (χ1n) is 18.1. The van der Waals surface area contributed by atoms with Gasteiger partial charge in [-0.15, -0.1) is 0 Å². The molecule has 1 atom stereocenters. The van der Waals surface area contributed by atoms with Crippen LogP contribution in [0.3, 0.4) is 0 Å². The van der Waals surface area contributed by atoms with Gasteiger partial charge in [0, 0.05) is 12.8 Å². The number of carbonyl (C=O) groups excluding carboxylic acids is 2. The number of ether oxygens (including phenoxy) is 2. The van der Waals surface area contributed by atoms with Crippen molar-refractivity contribution in [1.82, 2.24) is 0 Å². The van der Waals surface area contributed by atoms with Crippen LogP contribution in [0.15, 0.2) is 85.1 Å². The number of unbranched alkanes of at least 4 members (excludes halogenated alkanes) is 9. The quantitative estimate of drug-likeness (QED) is 0.0465. The molecule has 0 aromatic rings. The zero-order valence-corrected chi connectivity index (χ0v) is 29.3. The number of rotatable bonds is 31. The summed E-state index contributed by atoms with van der Waals surface area (Å²) in [5.74, 6) is -0.687. The van der Waals surface area contributed by atoms with Gasteiger partial charge in [0.1, 0.15) is 6.61 Å². The SMILES string of the molecule is CC/C=C/C/C=C/C/C=C/CCCCCCCC(=O)O[C@@H](CO)COC(=O)CCC/C=C/C/C=C/C/C=C/C/C=C/CCCCC. The Morgan fingerprint density at radius 2 is 0.957 bits per heavy atom. The number of aliphatic hydroxyl groups is 1. The first kappa shape index (κ1) is 43.1. The monoisotopic (exact) mass is 638 g/mol. The number of allylic oxidation sites excluding steroid dienone is 14. The lowest BCUT2D eigenvalue weighted by Crippen LogP contribution is -2.28. The van der Waals surface area contributed by atoms with E-state index in [-0.39, 0.29) is 25.2 Å². The van der Waals surface area contributed by atoms with Gasteiger partial charge < -0.3 is 14.6 Å². The summed E-state index contributed by atoms with van der Waals surface area (Å²) in [5.41, 5.74) is 0. The van der Waals surface area contributed by atoms with Gasteiger partial charge in [0.25, 0.3) is 0 Å². The minimum absolute atomic E-state index is 0.107. The summed E-state index contributed by atoms with van der Waals surface area (Å²) in [6, 6.07) is 0. The van der Waals surface area contributed by atoms with Crippen molar-refractivity contribution in [2.75, 3.05) is 13.2 Å². The van der Waals surface area contributed by atoms with Gasteiger partial charge in [0.05, 0.1) is 6.61 Å². The highest BCUT2D eigenvalue weighted by Gasteiger charge is 2.15. The molecule has 0 spiro atoms. The van der Waals surface area contributed by atoms with Gasteiger partial charge in [-0.2, -0.15) is 0 Å². The van der Waals surface area contributed by atoms with E-state index in [1.54, 1.807) is 0 Å². The zero-order valence-electron chi connectivity index (χ0n) is 29.3. The van der Waals surface area contributed by atoms with E-state index >= 15 is 0 Å². The number of esters is 2. The lowest BCUT2D eigenvalue weighted by atomic mass is 10.1. The van der Waals surface area contributed by atoms with Crippen molar-refractivity contribution in [3.63, 3.8) is 0 Å². The van der Waals surface area contributed by atoms with Gasteiger partial charge in [-0.1, -0.05) is 131 Å². The number of aliphatic hydroxyl groups excluding tert-OH is 1. The van der Waals surface area contributed by atoms with E-state index in [1.807, 2.05) is 0 Å². The molecule has 0 radical (unpaired) electrons. The summed E-state index contributed by atoms with van der Waals surface area (Å²) >= 11 is 0. The first-order chi connectivity index (χ1) is 22.6. The standard InChI is InChI=1S/C41H66O5/c1-3-5-7-9-11-13-15-17-19-20-22-23-25-27-29-31-33-35-40(43)45-38-39(37-42)46-41(44)36-34-32-30-28-26-24-21-18-16-14-12-10-8-6-4-2/h6,8,11-14,17-19,21-23,27,29,39,42H,3-5,7,9-10,15-16,20,24-26,28,30-38H2,1-2H3/b8-6+,13-11+,14-12+,19-17+,21-18+,23-22+,29-27+/t39-/m0/s1. The summed E-state index contributed by atoms with van der Waals surface area (Å²) in [7, 11) is 0. The Morgan fingerprint density at radius 3 is 1.48 bits per heavy atom. The minimum Gasteiger partial charge on any atom is -0.462 e. The third kappa shape index (κ3) is 34.0. The number of carbonyl (C=O) groups is 2. The molecule has 0 aliphatic rings. The van der Waals surface area contributed by atoms with Gasteiger partial charge in [-0.3, -0.25) is 9.59 Å². The Morgan fingerprint density at radius 1 is 0.522 bits per heavy atom. The second-order valence-electron chi connectivity index (χ2n) is 11.6. The summed E-state index contributed by atoms with van der Waals surface area (Å²) in [5, 5.41) is 9.52. The minimum atomic E-state index is -0.806. The molecule has 0 aromatic carbocycles. The van der Waals surface area contributed by atoms with E-state index in [9.17, 15) is 14.7 Å². The predicted molar refractivity (Wildman–Crippen MR) is 196 cm³/mol. The topological polar surface area (TPSA) is 72.8 Å². The molecule has 0 unspecified atom stereocenters. The largest absolute Gasteiger partial charge is 0.462 e. The van der Waals surface area contributed by atoms with Crippen LogP contribution in [0.5, 0.6) is 0 Å². The van der Waals surface area contributed by atoms with Crippen LogP contribution in [0, 0.1) is 0 Å². The molecular weight excluding hydrogens is 572 g/mol. The number of hydrogen-bond donors (Lipinski definition) is 1. The molecule has 0 saturated carbocycles. The summed E-state index contributed by atoms with van der Waals surface area (Å²) in [6.07, 6.45) is 49.2. The van der Waals surface area contributed by atoms with Gasteiger partial charge >= 0.3 is 11.9 Å². The van der Waals surface area contributed by atoms with E-state index in [2.05, 4.69) is 98.9 Å². The maximum absolute atomic E-state index is 12.1. The molecule has 1 N–H and O–H groups in total. The predicted octanol–water partition coefficient (Wildman–Crippen LogP) is 11.2. The van der Waals surface area contributed by atoms with Crippen LogP contribution in [-0.2, 0) is 19.1 Å². The molecule has 5 heteroatoms. The molecule has 0 aliphatic heterocycles. The highest BCUT2D eigenvalue weighted by atomic mass is 16.6. The van der Waals surface area contributed by atoms with Gasteiger partial charge in [-0.25, -0.2) is 0 Å². The lowest BCUT2D eigenvalue weighted by Gasteiger charge is -2.15. The van der Waals surface area contributed by atoms with E-state index in [0.29, 0.717) is 19.3 Å². The van der Waals surface area contributed by atoms with E-state index in [0.717, 1.165) is 83.5 Å². The third-order valence-corrected chi connectivity index (χ3v) is 7.17. The fraction of sp³-hybridized carbons (Fsp3) is 0.610. The highest BCUT2D eigenvalue weighted by molar-refractivity contribution is 5.70. The van der Waals surface area contributed by atoms with Crippen molar-refractivity contribution in [2.45, 2.75) is 148 Å². The summed E-state index contributed by atoms with van der Waals surface area (Å²) in [6.45, 7) is 3.91. The first-order valence-corrected chi connectivity index (χ1v) is 18.1. The van der Waals surface area contributed by atoms with E-state index in [1.165, 1.54) is 25.7 Å². The fourth-order valence-electron chi connectivity index (χ4n) is 4.44. The van der Waals surface area contributed by atoms with Gasteiger partial charge in [0.15, 0.2) is 6.10 Å². The average molecular weight is 639 g/mol. The van der Waals surface area contributed by atoms with Crippen LogP contribution in [0.2, 0.25) is 0 Å². The fourth-order valence-corrected chi connectivity index (χ4v) is 4.44. The Labute approximate surface area is 282 Å². The van der Waals surface area contributed by atoms with Crippen molar-refractivity contribution in [3.05, 3.63) is 85.1 Å². The second kappa shape index (κ2) is 36.5. The van der Waals surface area contributed by atoms with E-state index in [4.69, 9.17) is 9.47 Å². The molecule has 5 nitrogen and oxygen atoms in total. The lowest BCUT2D eigenvalue weighted by molar-refractivity contribution is -0.161. The molecule has 0 fully saturated rings. The number of hydrogen-bond acceptors (Lipinski definition) is 5. The van der Waals surface area contributed by atoms with Gasteiger partial charge in [0.2, 0.25) is 0 Å². The van der Waals surface area contributed by atoms with Crippen LogP contribution < -0.4 is 0 Å².